The summed E-state index contributed by atoms with van der Waals surface area (Å²) in [6.45, 7) is 0.528. The Bertz CT molecular complexity index is 897. The topological polar surface area (TPSA) is 29.9 Å². The summed E-state index contributed by atoms with van der Waals surface area (Å²) in [6.07, 6.45) is 0. The van der Waals surface area contributed by atoms with Crippen molar-refractivity contribution in [3.05, 3.63) is 63.9 Å². The molecule has 0 atom stereocenters. The lowest BCUT2D eigenvalue weighted by Crippen LogP contribution is -2.12. The van der Waals surface area contributed by atoms with Crippen molar-refractivity contribution in [2.24, 2.45) is 0 Å². The number of H-pyrrole nitrogens is 1. The maximum atomic E-state index is 6.29. The molecule has 2 heterocycles. The fourth-order valence-electron chi connectivity index (χ4n) is 2.62. The Balaban J connectivity index is 2.00. The summed E-state index contributed by atoms with van der Waals surface area (Å²) in [6, 6.07) is 15.7. The van der Waals surface area contributed by atoms with E-state index in [1.807, 2.05) is 53.1 Å². The van der Waals surface area contributed by atoms with Crippen molar-refractivity contribution in [3.8, 4) is 22.8 Å². The number of aromatic nitrogens is 2. The normalized spacial score (nSPS) is 12.4. The van der Waals surface area contributed by atoms with Gasteiger partial charge in [-0.25, -0.2) is 0 Å². The van der Waals surface area contributed by atoms with Crippen LogP contribution in [0.5, 0.6) is 5.88 Å². The first-order valence-electron chi connectivity index (χ1n) is 6.56. The zero-order valence-electron chi connectivity index (χ0n) is 11.0. The molecule has 1 aliphatic heterocycles. The van der Waals surface area contributed by atoms with E-state index in [1.165, 1.54) is 0 Å². The molecule has 1 N–H and O–H groups in total. The van der Waals surface area contributed by atoms with Crippen LogP contribution in [0.25, 0.3) is 16.9 Å². The molecule has 3 nitrogen and oxygen atoms in total. The van der Waals surface area contributed by atoms with Gasteiger partial charge in [-0.3, -0.25) is 4.57 Å². The van der Waals surface area contributed by atoms with Gasteiger partial charge >= 0.3 is 0 Å². The number of hydrogen-bond donors (Lipinski definition) is 1. The van der Waals surface area contributed by atoms with E-state index in [1.54, 1.807) is 0 Å². The summed E-state index contributed by atoms with van der Waals surface area (Å²) in [7, 11) is 0. The van der Waals surface area contributed by atoms with Gasteiger partial charge in [0.1, 0.15) is 12.3 Å². The SMILES string of the molecule is S=c1[nH]c(-c2ccccc2Cl)c2n1-c1ccccc1CO2. The number of nitrogens with zero attached hydrogens (tertiary/aromatic N) is 1. The van der Waals surface area contributed by atoms with Crippen molar-refractivity contribution in [1.82, 2.24) is 9.55 Å². The Kier molecular flexibility index (Phi) is 2.87. The minimum Gasteiger partial charge on any atom is -0.472 e. The second-order valence-electron chi connectivity index (χ2n) is 4.84. The molecule has 104 valence electrons. The first kappa shape index (κ1) is 12.7. The third-order valence-corrected chi connectivity index (χ3v) is 4.21. The van der Waals surface area contributed by atoms with Gasteiger partial charge in [-0.2, -0.15) is 0 Å². The number of aromatic amines is 1. The van der Waals surface area contributed by atoms with Crippen LogP contribution in [0, 0.1) is 4.77 Å². The first-order chi connectivity index (χ1) is 10.3. The molecule has 0 aliphatic carbocycles. The Morgan fingerprint density at radius 2 is 1.86 bits per heavy atom. The number of para-hydroxylation sites is 1. The van der Waals surface area contributed by atoms with Crippen molar-refractivity contribution >= 4 is 23.8 Å². The molecule has 3 aromatic rings. The molecule has 0 unspecified atom stereocenters. The van der Waals surface area contributed by atoms with Gasteiger partial charge < -0.3 is 9.72 Å². The summed E-state index contributed by atoms with van der Waals surface area (Å²) in [4.78, 5) is 3.22. The van der Waals surface area contributed by atoms with Gasteiger partial charge in [0.15, 0.2) is 4.77 Å². The maximum Gasteiger partial charge on any atom is 0.225 e. The van der Waals surface area contributed by atoms with Crippen LogP contribution in [0.1, 0.15) is 5.56 Å². The van der Waals surface area contributed by atoms with Crippen molar-refractivity contribution < 1.29 is 4.74 Å². The fourth-order valence-corrected chi connectivity index (χ4v) is 3.13. The van der Waals surface area contributed by atoms with Crippen LogP contribution in [0.2, 0.25) is 5.02 Å². The summed E-state index contributed by atoms with van der Waals surface area (Å²) in [5.74, 6) is 0.715. The van der Waals surface area contributed by atoms with Gasteiger partial charge in [0, 0.05) is 11.1 Å². The second-order valence-corrected chi connectivity index (χ2v) is 5.64. The van der Waals surface area contributed by atoms with Crippen molar-refractivity contribution in [2.75, 3.05) is 0 Å². The third kappa shape index (κ3) is 1.91. The molecule has 0 saturated heterocycles. The molecular weight excluding hydrogens is 304 g/mol. The Hall–Kier alpha value is -2.04. The van der Waals surface area contributed by atoms with Gasteiger partial charge in [-0.05, 0) is 24.4 Å². The lowest BCUT2D eigenvalue weighted by molar-refractivity contribution is 0.277. The van der Waals surface area contributed by atoms with Gasteiger partial charge in [-0.15, -0.1) is 0 Å². The highest BCUT2D eigenvalue weighted by Crippen LogP contribution is 2.39. The number of fused-ring (bicyclic) bond motifs is 3. The lowest BCUT2D eigenvalue weighted by Gasteiger charge is -2.20. The zero-order valence-corrected chi connectivity index (χ0v) is 12.5. The predicted octanol–water partition coefficient (Wildman–Crippen LogP) is 4.75. The molecule has 5 heteroatoms. The fraction of sp³-hybridized carbons (Fsp3) is 0.0625. The van der Waals surface area contributed by atoms with E-state index in [0.29, 0.717) is 22.3 Å². The maximum absolute atomic E-state index is 6.29. The highest BCUT2D eigenvalue weighted by atomic mass is 35.5. The molecule has 0 radical (unpaired) electrons. The quantitative estimate of drug-likeness (QED) is 0.657. The Labute approximate surface area is 131 Å². The standard InChI is InChI=1S/C16H11ClN2OS/c17-12-7-3-2-6-11(12)14-15-19(16(21)18-14)13-8-4-1-5-10(13)9-20-15/h1-8H,9H2,(H,18,21). The van der Waals surface area contributed by atoms with Crippen LogP contribution >= 0.6 is 23.8 Å². The largest absolute Gasteiger partial charge is 0.472 e. The van der Waals surface area contributed by atoms with E-state index >= 15 is 0 Å². The number of halogens is 1. The van der Waals surface area contributed by atoms with E-state index in [4.69, 9.17) is 28.6 Å². The van der Waals surface area contributed by atoms with Crippen molar-refractivity contribution in [1.29, 1.82) is 0 Å². The molecule has 2 aromatic carbocycles. The van der Waals surface area contributed by atoms with E-state index in [0.717, 1.165) is 22.5 Å². The number of imidazole rings is 1. The molecule has 0 fully saturated rings. The molecule has 21 heavy (non-hydrogen) atoms. The van der Waals surface area contributed by atoms with Crippen molar-refractivity contribution in [2.45, 2.75) is 6.61 Å². The Morgan fingerprint density at radius 3 is 2.71 bits per heavy atom. The highest BCUT2D eigenvalue weighted by molar-refractivity contribution is 7.71. The lowest BCUT2D eigenvalue weighted by atomic mass is 10.1. The molecule has 1 aliphatic rings. The van der Waals surface area contributed by atoms with Gasteiger partial charge in [-0.1, -0.05) is 48.0 Å². The molecule has 1 aromatic heterocycles. The average molecular weight is 315 g/mol. The zero-order chi connectivity index (χ0) is 14.4. The minimum absolute atomic E-state index is 0.528. The van der Waals surface area contributed by atoms with E-state index in [9.17, 15) is 0 Å². The first-order valence-corrected chi connectivity index (χ1v) is 7.35. The number of ether oxygens (including phenoxy) is 1. The van der Waals surface area contributed by atoms with Crippen LogP contribution in [-0.4, -0.2) is 9.55 Å². The second kappa shape index (κ2) is 4.76. The van der Waals surface area contributed by atoms with E-state index < -0.39 is 0 Å². The third-order valence-electron chi connectivity index (χ3n) is 3.59. The molecule has 0 spiro atoms. The van der Waals surface area contributed by atoms with Crippen LogP contribution in [-0.2, 0) is 6.61 Å². The number of benzene rings is 2. The van der Waals surface area contributed by atoms with Crippen LogP contribution < -0.4 is 4.74 Å². The summed E-state index contributed by atoms with van der Waals surface area (Å²) >= 11 is 11.8. The van der Waals surface area contributed by atoms with Crippen LogP contribution in [0.3, 0.4) is 0 Å². The molecule has 0 amide bonds. The summed E-state index contributed by atoms with van der Waals surface area (Å²) < 4.78 is 8.44. The average Bonchev–Trinajstić information content (AvgIpc) is 2.85. The van der Waals surface area contributed by atoms with Gasteiger partial charge in [0.25, 0.3) is 0 Å². The molecule has 0 bridgehead atoms. The number of hydrogen-bond acceptors (Lipinski definition) is 2. The van der Waals surface area contributed by atoms with Gasteiger partial charge in [0.05, 0.1) is 10.7 Å². The van der Waals surface area contributed by atoms with Crippen LogP contribution in [0.15, 0.2) is 48.5 Å². The predicted molar refractivity (Wildman–Crippen MR) is 85.7 cm³/mol. The Morgan fingerprint density at radius 1 is 1.10 bits per heavy atom. The minimum atomic E-state index is 0.528. The molecular formula is C16H11ClN2OS. The van der Waals surface area contributed by atoms with E-state index in [-0.39, 0.29) is 0 Å². The molecule has 4 rings (SSSR count). The smallest absolute Gasteiger partial charge is 0.225 e. The highest BCUT2D eigenvalue weighted by Gasteiger charge is 2.23. The summed E-state index contributed by atoms with van der Waals surface area (Å²) in [5, 5.41) is 0.666. The number of nitrogens with one attached hydrogen (secondary N) is 1. The molecule has 0 saturated carbocycles. The number of rotatable bonds is 1. The van der Waals surface area contributed by atoms with E-state index in [2.05, 4.69) is 4.98 Å². The summed E-state index contributed by atoms with van der Waals surface area (Å²) in [5.41, 5.74) is 3.88. The van der Waals surface area contributed by atoms with Crippen molar-refractivity contribution in [3.63, 3.8) is 0 Å². The monoisotopic (exact) mass is 314 g/mol. The van der Waals surface area contributed by atoms with Gasteiger partial charge in [0.2, 0.25) is 5.88 Å². The van der Waals surface area contributed by atoms with Crippen LogP contribution in [0.4, 0.5) is 0 Å².